The van der Waals surface area contributed by atoms with E-state index in [1.165, 1.54) is 18.2 Å². The first-order valence-corrected chi connectivity index (χ1v) is 12.5. The quantitative estimate of drug-likeness (QED) is 0.270. The Labute approximate surface area is 226 Å². The van der Waals surface area contributed by atoms with Crippen molar-refractivity contribution in [3.05, 3.63) is 111 Å². The molecule has 38 heavy (non-hydrogen) atoms. The minimum Gasteiger partial charge on any atom is -0.449 e. The lowest BCUT2D eigenvalue weighted by Gasteiger charge is -2.27. The largest absolute Gasteiger partial charge is 0.449 e. The first kappa shape index (κ1) is 26.0. The molecule has 10 heteroatoms. The minimum atomic E-state index is -4.48. The van der Waals surface area contributed by atoms with Crippen molar-refractivity contribution in [3.63, 3.8) is 0 Å². The minimum absolute atomic E-state index is 0.0143. The number of amides is 1. The Morgan fingerprint density at radius 3 is 2.58 bits per heavy atom. The smallest absolute Gasteiger partial charge is 0.416 e. The zero-order chi connectivity index (χ0) is 26.9. The molecule has 1 aromatic heterocycles. The molecule has 1 atom stereocenters. The lowest BCUT2D eigenvalue weighted by molar-refractivity contribution is -0.138. The summed E-state index contributed by atoms with van der Waals surface area (Å²) in [6.45, 7) is -0.238. The van der Waals surface area contributed by atoms with Crippen molar-refractivity contribution in [1.82, 2.24) is 9.97 Å². The third kappa shape index (κ3) is 5.47. The summed E-state index contributed by atoms with van der Waals surface area (Å²) in [7, 11) is 0. The first-order valence-electron chi connectivity index (χ1n) is 11.7. The lowest BCUT2D eigenvalue weighted by atomic mass is 9.78. The van der Waals surface area contributed by atoms with Crippen LogP contribution >= 0.6 is 23.2 Å². The van der Waals surface area contributed by atoms with E-state index < -0.39 is 17.8 Å². The summed E-state index contributed by atoms with van der Waals surface area (Å²) in [6.07, 6.45) is -3.15. The molecule has 194 valence electrons. The highest BCUT2D eigenvalue weighted by atomic mass is 35.5. The molecule has 1 aliphatic rings. The molecule has 4 aromatic rings. The van der Waals surface area contributed by atoms with Gasteiger partial charge in [0.1, 0.15) is 0 Å². The van der Waals surface area contributed by atoms with Crippen LogP contribution < -0.4 is 5.32 Å². The maximum absolute atomic E-state index is 13.2. The van der Waals surface area contributed by atoms with Crippen LogP contribution in [0.5, 0.6) is 0 Å². The van der Waals surface area contributed by atoms with Crippen LogP contribution in [0, 0.1) is 0 Å². The molecule has 0 fully saturated rings. The third-order valence-electron chi connectivity index (χ3n) is 6.37. The molecule has 0 saturated carbocycles. The van der Waals surface area contributed by atoms with Crippen molar-refractivity contribution in [2.45, 2.75) is 24.9 Å². The van der Waals surface area contributed by atoms with Crippen molar-refractivity contribution >= 4 is 35.2 Å². The number of carbonyl (C=O) groups excluding carboxylic acids is 1. The number of hydrogen-bond acceptors (Lipinski definition) is 4. The Bertz CT molecular complexity index is 1510. The normalized spacial score (nSPS) is 14.4. The second kappa shape index (κ2) is 10.6. The molecular weight excluding hydrogens is 538 g/mol. The van der Waals surface area contributed by atoms with Crippen LogP contribution in [-0.2, 0) is 23.8 Å². The molecule has 3 aromatic carbocycles. The molecule has 1 amide bonds. The number of aromatic nitrogens is 2. The lowest BCUT2D eigenvalue weighted by Crippen LogP contribution is -2.19. The first-order chi connectivity index (χ1) is 18.2. The van der Waals surface area contributed by atoms with E-state index in [2.05, 4.69) is 15.3 Å². The van der Waals surface area contributed by atoms with E-state index in [4.69, 9.17) is 27.9 Å². The van der Waals surface area contributed by atoms with Gasteiger partial charge in [0, 0.05) is 24.1 Å². The molecule has 0 spiro atoms. The average molecular weight is 558 g/mol. The van der Waals surface area contributed by atoms with E-state index >= 15 is 0 Å². The third-order valence-corrected chi connectivity index (χ3v) is 7.11. The van der Waals surface area contributed by atoms with E-state index in [-0.39, 0.29) is 30.5 Å². The maximum atomic E-state index is 13.2. The second-order valence-electron chi connectivity index (χ2n) is 8.75. The molecular formula is C28H20Cl2F3N3O2. The van der Waals surface area contributed by atoms with E-state index in [0.29, 0.717) is 22.2 Å². The Morgan fingerprint density at radius 2 is 1.79 bits per heavy atom. The van der Waals surface area contributed by atoms with Gasteiger partial charge >= 0.3 is 12.3 Å². The standard InChI is InChI=1S/C28H20Cl2F3N3O2/c29-23-10-9-17(14-24(23)30)21-13-18-15-34-26(35-25(18)20-7-3-2-6-19(20)21)36-27(37)38-12-11-16-5-1-4-8-22(16)28(31,32)33/h1-10,14-15,21H,11-13H2,(H,34,35,36,37). The Morgan fingerprint density at radius 1 is 1.03 bits per heavy atom. The van der Waals surface area contributed by atoms with Crippen LogP contribution in [0.4, 0.5) is 23.9 Å². The number of rotatable bonds is 5. The highest BCUT2D eigenvalue weighted by Crippen LogP contribution is 2.42. The number of ether oxygens (including phenoxy) is 1. The van der Waals surface area contributed by atoms with E-state index in [1.807, 2.05) is 36.4 Å². The van der Waals surface area contributed by atoms with Gasteiger partial charge in [0.2, 0.25) is 5.95 Å². The van der Waals surface area contributed by atoms with E-state index in [0.717, 1.165) is 28.3 Å². The number of carbonyl (C=O) groups is 1. The van der Waals surface area contributed by atoms with Gasteiger partial charge in [-0.2, -0.15) is 13.2 Å². The van der Waals surface area contributed by atoms with Gasteiger partial charge in [-0.05, 0) is 46.9 Å². The summed E-state index contributed by atoms with van der Waals surface area (Å²) >= 11 is 12.4. The summed E-state index contributed by atoms with van der Waals surface area (Å²) in [5, 5.41) is 3.43. The molecule has 0 bridgehead atoms. The predicted octanol–water partition coefficient (Wildman–Crippen LogP) is 7.95. The monoisotopic (exact) mass is 557 g/mol. The van der Waals surface area contributed by atoms with Gasteiger partial charge in [0.15, 0.2) is 0 Å². The molecule has 5 rings (SSSR count). The summed E-state index contributed by atoms with van der Waals surface area (Å²) in [5.74, 6) is 0.0487. The van der Waals surface area contributed by atoms with Crippen molar-refractivity contribution in [1.29, 1.82) is 0 Å². The predicted molar refractivity (Wildman–Crippen MR) is 140 cm³/mol. The summed E-state index contributed by atoms with van der Waals surface area (Å²) in [4.78, 5) is 21.1. The fourth-order valence-electron chi connectivity index (χ4n) is 4.62. The van der Waals surface area contributed by atoms with E-state index in [1.54, 1.807) is 12.3 Å². The van der Waals surface area contributed by atoms with Crippen LogP contribution in [0.2, 0.25) is 10.0 Å². The molecule has 1 aliphatic carbocycles. The average Bonchev–Trinajstić information content (AvgIpc) is 2.89. The molecule has 1 heterocycles. The SMILES string of the molecule is O=C(Nc1ncc2c(n1)-c1ccccc1C(c1ccc(Cl)c(Cl)c1)C2)OCCc1ccccc1C(F)(F)F. The fraction of sp³-hybridized carbons (Fsp3) is 0.179. The van der Waals surface area contributed by atoms with Gasteiger partial charge in [-0.25, -0.2) is 14.8 Å². The van der Waals surface area contributed by atoms with Crippen molar-refractivity contribution in [2.75, 3.05) is 11.9 Å². The molecule has 1 unspecified atom stereocenters. The number of benzene rings is 3. The molecule has 0 saturated heterocycles. The molecule has 5 nitrogen and oxygen atoms in total. The number of nitrogens with zero attached hydrogens (tertiary/aromatic N) is 2. The van der Waals surface area contributed by atoms with Gasteiger partial charge < -0.3 is 4.74 Å². The van der Waals surface area contributed by atoms with Crippen LogP contribution in [0.1, 0.15) is 33.7 Å². The number of anilines is 1. The van der Waals surface area contributed by atoms with Crippen LogP contribution in [-0.4, -0.2) is 22.7 Å². The molecule has 0 radical (unpaired) electrons. The highest BCUT2D eigenvalue weighted by Gasteiger charge is 2.33. The van der Waals surface area contributed by atoms with Gasteiger partial charge in [0.25, 0.3) is 0 Å². The summed E-state index contributed by atoms with van der Waals surface area (Å²) in [6, 6.07) is 18.6. The number of hydrogen-bond donors (Lipinski definition) is 1. The van der Waals surface area contributed by atoms with Crippen molar-refractivity contribution in [2.24, 2.45) is 0 Å². The molecule has 0 aliphatic heterocycles. The van der Waals surface area contributed by atoms with Crippen LogP contribution in [0.3, 0.4) is 0 Å². The maximum Gasteiger partial charge on any atom is 0.416 e. The highest BCUT2D eigenvalue weighted by molar-refractivity contribution is 6.42. The Kier molecular flexibility index (Phi) is 7.27. The number of halogens is 5. The van der Waals surface area contributed by atoms with Gasteiger partial charge in [-0.1, -0.05) is 71.7 Å². The fourth-order valence-corrected chi connectivity index (χ4v) is 4.92. The second-order valence-corrected chi connectivity index (χ2v) is 9.57. The zero-order valence-electron chi connectivity index (χ0n) is 19.7. The zero-order valence-corrected chi connectivity index (χ0v) is 21.2. The number of fused-ring (bicyclic) bond motifs is 3. The Hall–Kier alpha value is -3.62. The van der Waals surface area contributed by atoms with Crippen LogP contribution in [0.15, 0.2) is 72.9 Å². The number of nitrogens with one attached hydrogen (secondary N) is 1. The summed E-state index contributed by atoms with van der Waals surface area (Å²) < 4.78 is 44.6. The van der Waals surface area contributed by atoms with Gasteiger partial charge in [-0.15, -0.1) is 0 Å². The topological polar surface area (TPSA) is 64.1 Å². The van der Waals surface area contributed by atoms with E-state index in [9.17, 15) is 18.0 Å². The number of alkyl halides is 3. The van der Waals surface area contributed by atoms with Gasteiger partial charge in [0.05, 0.1) is 27.9 Å². The van der Waals surface area contributed by atoms with Crippen molar-refractivity contribution < 1.29 is 22.7 Å². The molecule has 1 N–H and O–H groups in total. The van der Waals surface area contributed by atoms with Crippen molar-refractivity contribution in [3.8, 4) is 11.3 Å². The van der Waals surface area contributed by atoms with Crippen LogP contribution in [0.25, 0.3) is 11.3 Å². The summed E-state index contributed by atoms with van der Waals surface area (Å²) in [5.41, 5.74) is 3.83. The van der Waals surface area contributed by atoms with Gasteiger partial charge in [-0.3, -0.25) is 5.32 Å². The Balaban J connectivity index is 1.30.